The molecule has 0 atom stereocenters. The SMILES string of the molecule is CC1(C)C(C(=O)N2CCCC2)C1(C)C. The molecule has 1 saturated carbocycles. The lowest BCUT2D eigenvalue weighted by Crippen LogP contribution is -2.31. The second-order valence-corrected chi connectivity index (χ2v) is 5.91. The molecule has 1 amide bonds. The summed E-state index contributed by atoms with van der Waals surface area (Å²) in [5.74, 6) is 0.658. The van der Waals surface area contributed by atoms with Crippen LogP contribution in [0.15, 0.2) is 0 Å². The first-order valence-electron chi connectivity index (χ1n) is 5.68. The van der Waals surface area contributed by atoms with Crippen molar-refractivity contribution in [1.29, 1.82) is 0 Å². The van der Waals surface area contributed by atoms with Crippen LogP contribution < -0.4 is 0 Å². The number of hydrogen-bond acceptors (Lipinski definition) is 1. The summed E-state index contributed by atoms with van der Waals surface area (Å²) in [6, 6.07) is 0. The van der Waals surface area contributed by atoms with Crippen LogP contribution in [0, 0.1) is 16.7 Å². The van der Waals surface area contributed by atoms with Gasteiger partial charge in [-0.1, -0.05) is 27.7 Å². The largest absolute Gasteiger partial charge is 0.342 e. The summed E-state index contributed by atoms with van der Waals surface area (Å²) in [6.45, 7) is 10.8. The third-order valence-electron chi connectivity index (χ3n) is 4.69. The van der Waals surface area contributed by atoms with Crippen molar-refractivity contribution < 1.29 is 4.79 Å². The zero-order valence-corrected chi connectivity index (χ0v) is 9.76. The van der Waals surface area contributed by atoms with E-state index in [2.05, 4.69) is 32.6 Å². The Hall–Kier alpha value is -0.530. The Balaban J connectivity index is 2.07. The van der Waals surface area contributed by atoms with Crippen molar-refractivity contribution in [2.75, 3.05) is 13.1 Å². The quantitative estimate of drug-likeness (QED) is 0.628. The van der Waals surface area contributed by atoms with Crippen molar-refractivity contribution in [2.24, 2.45) is 16.7 Å². The predicted octanol–water partition coefficient (Wildman–Crippen LogP) is 2.29. The van der Waals surface area contributed by atoms with Gasteiger partial charge in [-0.15, -0.1) is 0 Å². The summed E-state index contributed by atoms with van der Waals surface area (Å²) < 4.78 is 0. The third-order valence-corrected chi connectivity index (χ3v) is 4.69. The molecule has 0 aromatic rings. The zero-order chi connectivity index (χ0) is 10.6. The van der Waals surface area contributed by atoms with Gasteiger partial charge in [0.1, 0.15) is 0 Å². The van der Waals surface area contributed by atoms with Crippen LogP contribution in [0.25, 0.3) is 0 Å². The van der Waals surface area contributed by atoms with Crippen LogP contribution in [0.3, 0.4) is 0 Å². The van der Waals surface area contributed by atoms with Gasteiger partial charge in [0.25, 0.3) is 0 Å². The van der Waals surface area contributed by atoms with E-state index in [4.69, 9.17) is 0 Å². The number of amides is 1. The summed E-state index contributed by atoms with van der Waals surface area (Å²) >= 11 is 0. The molecule has 0 radical (unpaired) electrons. The number of likely N-dealkylation sites (tertiary alicyclic amines) is 1. The summed E-state index contributed by atoms with van der Waals surface area (Å²) in [6.07, 6.45) is 2.39. The number of rotatable bonds is 1. The molecule has 0 unspecified atom stereocenters. The van der Waals surface area contributed by atoms with Gasteiger partial charge >= 0.3 is 0 Å². The zero-order valence-electron chi connectivity index (χ0n) is 9.76. The minimum Gasteiger partial charge on any atom is -0.342 e. The first kappa shape index (κ1) is 10.0. The Morgan fingerprint density at radius 1 is 1.07 bits per heavy atom. The molecule has 2 nitrogen and oxygen atoms in total. The van der Waals surface area contributed by atoms with E-state index in [1.54, 1.807) is 0 Å². The van der Waals surface area contributed by atoms with Crippen molar-refractivity contribution in [1.82, 2.24) is 4.90 Å². The average molecular weight is 195 g/mol. The number of nitrogens with zero attached hydrogens (tertiary/aromatic N) is 1. The molecule has 0 N–H and O–H groups in total. The highest BCUT2D eigenvalue weighted by atomic mass is 16.2. The molecule has 2 aliphatic rings. The van der Waals surface area contributed by atoms with Gasteiger partial charge < -0.3 is 4.90 Å². The van der Waals surface area contributed by atoms with E-state index >= 15 is 0 Å². The maximum Gasteiger partial charge on any atom is 0.226 e. The van der Waals surface area contributed by atoms with Gasteiger partial charge in [-0.25, -0.2) is 0 Å². The molecule has 14 heavy (non-hydrogen) atoms. The maximum atomic E-state index is 12.2. The lowest BCUT2D eigenvalue weighted by molar-refractivity contribution is -0.132. The normalized spacial score (nSPS) is 29.3. The summed E-state index contributed by atoms with van der Waals surface area (Å²) in [5, 5.41) is 0. The van der Waals surface area contributed by atoms with Gasteiger partial charge in [-0.2, -0.15) is 0 Å². The van der Waals surface area contributed by atoms with Gasteiger partial charge in [0.05, 0.1) is 0 Å². The summed E-state index contributed by atoms with van der Waals surface area (Å²) in [5.41, 5.74) is 0.402. The van der Waals surface area contributed by atoms with E-state index in [-0.39, 0.29) is 16.7 Å². The minimum absolute atomic E-state index is 0.201. The monoisotopic (exact) mass is 195 g/mol. The molecule has 0 aromatic carbocycles. The van der Waals surface area contributed by atoms with Crippen molar-refractivity contribution in [3.8, 4) is 0 Å². The minimum atomic E-state index is 0.201. The van der Waals surface area contributed by atoms with Gasteiger partial charge in [0.15, 0.2) is 0 Å². The molecule has 0 aromatic heterocycles. The maximum absolute atomic E-state index is 12.2. The van der Waals surface area contributed by atoms with Crippen LogP contribution in [0.4, 0.5) is 0 Å². The second kappa shape index (κ2) is 2.74. The fourth-order valence-corrected chi connectivity index (χ4v) is 2.93. The standard InChI is InChI=1S/C12H21NO/c1-11(2)9(12(11,3)4)10(14)13-7-5-6-8-13/h9H,5-8H2,1-4H3. The highest BCUT2D eigenvalue weighted by Gasteiger charge is 2.68. The lowest BCUT2D eigenvalue weighted by atomic mass is 10.0. The molecule has 2 fully saturated rings. The van der Waals surface area contributed by atoms with Crippen molar-refractivity contribution in [2.45, 2.75) is 40.5 Å². The molecule has 2 rings (SSSR count). The van der Waals surface area contributed by atoms with E-state index in [0.717, 1.165) is 13.1 Å². The molecule has 1 saturated heterocycles. The number of hydrogen-bond donors (Lipinski definition) is 0. The molecule has 0 spiro atoms. The van der Waals surface area contributed by atoms with Crippen LogP contribution >= 0.6 is 0 Å². The first-order valence-corrected chi connectivity index (χ1v) is 5.68. The van der Waals surface area contributed by atoms with Crippen molar-refractivity contribution in [3.63, 3.8) is 0 Å². The van der Waals surface area contributed by atoms with Crippen molar-refractivity contribution in [3.05, 3.63) is 0 Å². The van der Waals surface area contributed by atoms with E-state index in [0.29, 0.717) is 5.91 Å². The molecule has 0 bridgehead atoms. The highest BCUT2D eigenvalue weighted by molar-refractivity contribution is 5.84. The van der Waals surface area contributed by atoms with E-state index in [1.807, 2.05) is 0 Å². The molecule has 1 aliphatic heterocycles. The van der Waals surface area contributed by atoms with Gasteiger partial charge in [-0.05, 0) is 23.7 Å². The Kier molecular flexibility index (Phi) is 1.96. The van der Waals surface area contributed by atoms with E-state index < -0.39 is 0 Å². The van der Waals surface area contributed by atoms with Crippen LogP contribution in [0.5, 0.6) is 0 Å². The molecule has 2 heteroatoms. The Morgan fingerprint density at radius 2 is 1.50 bits per heavy atom. The average Bonchev–Trinajstić information content (AvgIpc) is 2.53. The third kappa shape index (κ3) is 1.12. The van der Waals surface area contributed by atoms with Crippen LogP contribution in [-0.2, 0) is 4.79 Å². The summed E-state index contributed by atoms with van der Waals surface area (Å²) in [4.78, 5) is 14.2. The first-order chi connectivity index (χ1) is 6.39. The fourth-order valence-electron chi connectivity index (χ4n) is 2.93. The highest BCUT2D eigenvalue weighted by Crippen LogP contribution is 2.68. The van der Waals surface area contributed by atoms with Crippen molar-refractivity contribution >= 4 is 5.91 Å². The van der Waals surface area contributed by atoms with Gasteiger partial charge in [0, 0.05) is 19.0 Å². The topological polar surface area (TPSA) is 20.3 Å². The van der Waals surface area contributed by atoms with Crippen LogP contribution in [0.2, 0.25) is 0 Å². The van der Waals surface area contributed by atoms with Gasteiger partial charge in [0.2, 0.25) is 5.91 Å². The lowest BCUT2D eigenvalue weighted by Gasteiger charge is -2.16. The number of carbonyl (C=O) groups excluding carboxylic acids is 1. The number of carbonyl (C=O) groups is 1. The molecule has 80 valence electrons. The van der Waals surface area contributed by atoms with E-state index in [9.17, 15) is 4.79 Å². The molecule has 1 heterocycles. The fraction of sp³-hybridized carbons (Fsp3) is 0.917. The second-order valence-electron chi connectivity index (χ2n) is 5.91. The Morgan fingerprint density at radius 3 is 1.86 bits per heavy atom. The van der Waals surface area contributed by atoms with Gasteiger partial charge in [-0.3, -0.25) is 4.79 Å². The van der Waals surface area contributed by atoms with Crippen LogP contribution in [0.1, 0.15) is 40.5 Å². The smallest absolute Gasteiger partial charge is 0.226 e. The molecule has 1 aliphatic carbocycles. The Bertz CT molecular complexity index is 247. The predicted molar refractivity (Wildman–Crippen MR) is 56.9 cm³/mol. The summed E-state index contributed by atoms with van der Waals surface area (Å²) in [7, 11) is 0. The molecular formula is C12H21NO. The van der Waals surface area contributed by atoms with E-state index in [1.165, 1.54) is 12.8 Å². The Labute approximate surface area is 86.7 Å². The van der Waals surface area contributed by atoms with Crippen LogP contribution in [-0.4, -0.2) is 23.9 Å². The molecular weight excluding hydrogens is 174 g/mol.